The molecule has 0 rings (SSSR count). The monoisotopic (exact) mass is 318 g/mol. The summed E-state index contributed by atoms with van der Waals surface area (Å²) in [7, 11) is 0. The SMILES string of the molecule is CCC(F)(CC)C(F)(F)C(F)(F)OOC(=O)C(F)(F)F. The number of carbonyl (C=O) groups excluding carboxylic acids is 1. The van der Waals surface area contributed by atoms with Crippen LogP contribution in [0.2, 0.25) is 0 Å². The van der Waals surface area contributed by atoms with E-state index in [-0.39, 0.29) is 0 Å². The molecule has 0 fully saturated rings. The minimum Gasteiger partial charge on any atom is -0.282 e. The third-order valence-corrected chi connectivity index (χ3v) is 2.50. The molecule has 0 spiro atoms. The molecule has 0 aromatic carbocycles. The molecular weight excluding hydrogens is 308 g/mol. The summed E-state index contributed by atoms with van der Waals surface area (Å²) >= 11 is 0. The van der Waals surface area contributed by atoms with Crippen molar-refractivity contribution in [2.24, 2.45) is 0 Å². The molecule has 0 aliphatic heterocycles. The number of rotatable bonds is 6. The highest BCUT2D eigenvalue weighted by molar-refractivity contribution is 5.74. The molecule has 0 heterocycles. The van der Waals surface area contributed by atoms with Crippen molar-refractivity contribution in [3.05, 3.63) is 0 Å². The standard InChI is InChI=1S/C9H10F8O3/c1-3-6(10,4-2)8(14,15)9(16,17)20-19-5(18)7(11,12)13/h3-4H2,1-2H3. The van der Waals surface area contributed by atoms with Crippen LogP contribution in [-0.4, -0.2) is 29.8 Å². The minimum absolute atomic E-state index is 0.829. The lowest BCUT2D eigenvalue weighted by Crippen LogP contribution is -2.57. The first kappa shape index (κ1) is 18.9. The number of alkyl halides is 8. The number of halogens is 8. The second-order valence-corrected chi connectivity index (χ2v) is 3.72. The zero-order valence-electron chi connectivity index (χ0n) is 10.2. The fourth-order valence-electron chi connectivity index (χ4n) is 1.14. The molecule has 0 saturated carbocycles. The Bertz CT molecular complexity index is 348. The second kappa shape index (κ2) is 5.70. The van der Waals surface area contributed by atoms with Gasteiger partial charge in [-0.2, -0.15) is 30.7 Å². The quantitative estimate of drug-likeness (QED) is 0.425. The van der Waals surface area contributed by atoms with Crippen molar-refractivity contribution in [2.45, 2.75) is 50.6 Å². The lowest BCUT2D eigenvalue weighted by atomic mass is 9.91. The topological polar surface area (TPSA) is 35.5 Å². The summed E-state index contributed by atoms with van der Waals surface area (Å²) in [5.41, 5.74) is -3.75. The molecule has 11 heteroatoms. The van der Waals surface area contributed by atoms with Crippen molar-refractivity contribution < 1.29 is 49.7 Å². The molecule has 0 amide bonds. The predicted molar refractivity (Wildman–Crippen MR) is 47.5 cm³/mol. The summed E-state index contributed by atoms with van der Waals surface area (Å²) in [6.45, 7) is 1.66. The Morgan fingerprint density at radius 3 is 1.60 bits per heavy atom. The van der Waals surface area contributed by atoms with Gasteiger partial charge >= 0.3 is 24.2 Å². The molecule has 0 atom stereocenters. The summed E-state index contributed by atoms with van der Waals surface area (Å²) in [4.78, 5) is 15.2. The van der Waals surface area contributed by atoms with Gasteiger partial charge in [0.25, 0.3) is 0 Å². The molecule has 3 nitrogen and oxygen atoms in total. The maximum absolute atomic E-state index is 13.6. The van der Waals surface area contributed by atoms with E-state index in [0.717, 1.165) is 13.8 Å². The number of carbonyl (C=O) groups is 1. The summed E-state index contributed by atoms with van der Waals surface area (Å²) in [6, 6.07) is 0. The first-order chi connectivity index (χ1) is 8.75. The Balaban J connectivity index is 5.09. The van der Waals surface area contributed by atoms with Crippen molar-refractivity contribution in [3.63, 3.8) is 0 Å². The Kier molecular flexibility index (Phi) is 5.38. The van der Waals surface area contributed by atoms with Gasteiger partial charge in [-0.1, -0.05) is 13.8 Å². The maximum atomic E-state index is 13.6. The number of hydrogen-bond acceptors (Lipinski definition) is 3. The summed E-state index contributed by atoms with van der Waals surface area (Å²) < 4.78 is 101. The van der Waals surface area contributed by atoms with Crippen LogP contribution in [0.1, 0.15) is 26.7 Å². The molecule has 20 heavy (non-hydrogen) atoms. The van der Waals surface area contributed by atoms with E-state index in [1.807, 2.05) is 0 Å². The highest BCUT2D eigenvalue weighted by Crippen LogP contribution is 2.48. The maximum Gasteiger partial charge on any atom is 0.494 e. The van der Waals surface area contributed by atoms with Crippen LogP contribution in [0.5, 0.6) is 0 Å². The molecule has 0 aromatic heterocycles. The van der Waals surface area contributed by atoms with E-state index in [0.29, 0.717) is 0 Å². The first-order valence-corrected chi connectivity index (χ1v) is 5.16. The Morgan fingerprint density at radius 2 is 1.30 bits per heavy atom. The fraction of sp³-hybridized carbons (Fsp3) is 0.889. The smallest absolute Gasteiger partial charge is 0.282 e. The average molecular weight is 318 g/mol. The van der Waals surface area contributed by atoms with Gasteiger partial charge in [0.1, 0.15) is 0 Å². The average Bonchev–Trinajstić information content (AvgIpc) is 2.33. The number of hydrogen-bond donors (Lipinski definition) is 0. The zero-order chi connectivity index (χ0) is 16.4. The second-order valence-electron chi connectivity index (χ2n) is 3.72. The van der Waals surface area contributed by atoms with Gasteiger partial charge < -0.3 is 0 Å². The van der Waals surface area contributed by atoms with Crippen LogP contribution in [0.3, 0.4) is 0 Å². The van der Waals surface area contributed by atoms with Crippen LogP contribution in [0.25, 0.3) is 0 Å². The van der Waals surface area contributed by atoms with E-state index in [1.54, 1.807) is 0 Å². The van der Waals surface area contributed by atoms with Crippen LogP contribution in [0, 0.1) is 0 Å². The summed E-state index contributed by atoms with van der Waals surface area (Å²) in [6.07, 6.45) is -13.6. The highest BCUT2D eigenvalue weighted by Gasteiger charge is 2.71. The van der Waals surface area contributed by atoms with Gasteiger partial charge in [-0.3, -0.25) is 4.89 Å². The lowest BCUT2D eigenvalue weighted by molar-refractivity contribution is -0.483. The normalized spacial score (nSPS) is 14.3. The van der Waals surface area contributed by atoms with Gasteiger partial charge in [0.2, 0.25) is 0 Å². The Hall–Kier alpha value is -1.13. The largest absolute Gasteiger partial charge is 0.494 e. The van der Waals surface area contributed by atoms with Gasteiger partial charge in [-0.25, -0.2) is 9.18 Å². The Labute approximate surface area is 107 Å². The summed E-state index contributed by atoms with van der Waals surface area (Å²) in [5.74, 6) is -8.78. The van der Waals surface area contributed by atoms with E-state index < -0.39 is 42.7 Å². The predicted octanol–water partition coefficient (Wildman–Crippen LogP) is 3.78. The fourth-order valence-corrected chi connectivity index (χ4v) is 1.14. The minimum atomic E-state index is -5.77. The van der Waals surface area contributed by atoms with Crippen molar-refractivity contribution >= 4 is 5.97 Å². The van der Waals surface area contributed by atoms with Gasteiger partial charge in [0.15, 0.2) is 5.67 Å². The van der Waals surface area contributed by atoms with E-state index in [1.165, 1.54) is 0 Å². The Morgan fingerprint density at radius 1 is 0.900 bits per heavy atom. The van der Waals surface area contributed by atoms with Crippen molar-refractivity contribution in [1.29, 1.82) is 0 Å². The highest BCUT2D eigenvalue weighted by atomic mass is 19.4. The molecular formula is C9H10F8O3. The van der Waals surface area contributed by atoms with Crippen LogP contribution < -0.4 is 0 Å². The molecule has 0 aliphatic carbocycles. The van der Waals surface area contributed by atoms with Gasteiger partial charge in [0.05, 0.1) is 0 Å². The van der Waals surface area contributed by atoms with Crippen molar-refractivity contribution in [1.82, 2.24) is 0 Å². The van der Waals surface area contributed by atoms with Crippen LogP contribution in [0.15, 0.2) is 0 Å². The molecule has 0 bridgehead atoms. The van der Waals surface area contributed by atoms with Gasteiger partial charge in [0, 0.05) is 0 Å². The zero-order valence-corrected chi connectivity index (χ0v) is 10.2. The summed E-state index contributed by atoms with van der Waals surface area (Å²) in [5, 5.41) is 0. The van der Waals surface area contributed by atoms with Gasteiger partial charge in [-0.15, -0.1) is 4.89 Å². The third kappa shape index (κ3) is 3.49. The van der Waals surface area contributed by atoms with Crippen LogP contribution >= 0.6 is 0 Å². The van der Waals surface area contributed by atoms with Gasteiger partial charge in [-0.05, 0) is 12.8 Å². The molecule has 120 valence electrons. The van der Waals surface area contributed by atoms with Crippen molar-refractivity contribution in [3.8, 4) is 0 Å². The molecule has 0 aliphatic rings. The lowest BCUT2D eigenvalue weighted by Gasteiger charge is -2.35. The molecule has 0 unspecified atom stereocenters. The van der Waals surface area contributed by atoms with E-state index in [2.05, 4.69) is 9.78 Å². The molecule has 0 N–H and O–H groups in total. The molecule has 0 saturated heterocycles. The van der Waals surface area contributed by atoms with Crippen LogP contribution in [0.4, 0.5) is 35.1 Å². The van der Waals surface area contributed by atoms with Crippen molar-refractivity contribution in [2.75, 3.05) is 0 Å². The van der Waals surface area contributed by atoms with E-state index in [4.69, 9.17) is 0 Å². The molecule has 0 aromatic rings. The van der Waals surface area contributed by atoms with Crippen LogP contribution in [-0.2, 0) is 14.6 Å². The first-order valence-electron chi connectivity index (χ1n) is 5.16. The molecule has 0 radical (unpaired) electrons. The van der Waals surface area contributed by atoms with E-state index >= 15 is 0 Å². The third-order valence-electron chi connectivity index (χ3n) is 2.50. The van der Waals surface area contributed by atoms with E-state index in [9.17, 15) is 39.9 Å².